The first-order chi connectivity index (χ1) is 17.3. The zero-order valence-electron chi connectivity index (χ0n) is 20.3. The lowest BCUT2D eigenvalue weighted by Gasteiger charge is -2.26. The van der Waals surface area contributed by atoms with Crippen LogP contribution in [0.3, 0.4) is 0 Å². The van der Waals surface area contributed by atoms with Crippen LogP contribution in [0.5, 0.6) is 0 Å². The standard InChI is InChI=1S/C32H36N2O/c35-32(25-33-24-27-15-7-2-8-16-27)31(23-26-13-5-1-6-14-26)34-22-21-30(28-17-9-3-10-18-28)29-19-11-4-12-20-29/h1-20,30-35H,21-25H2/t31-,32-/m0/s1. The maximum absolute atomic E-state index is 11.1. The molecule has 0 heterocycles. The molecule has 3 nitrogen and oxygen atoms in total. The molecular formula is C32H36N2O. The first-order valence-electron chi connectivity index (χ1n) is 12.6. The Morgan fingerprint density at radius 2 is 1.09 bits per heavy atom. The number of benzene rings is 4. The molecule has 0 aromatic heterocycles. The van der Waals surface area contributed by atoms with Gasteiger partial charge < -0.3 is 15.7 Å². The number of aliphatic hydroxyl groups excluding tert-OH is 1. The van der Waals surface area contributed by atoms with Crippen LogP contribution in [0.25, 0.3) is 0 Å². The Labute approximate surface area is 209 Å². The average molecular weight is 465 g/mol. The Balaban J connectivity index is 1.39. The molecule has 0 aliphatic heterocycles. The van der Waals surface area contributed by atoms with Crippen molar-refractivity contribution < 1.29 is 5.11 Å². The van der Waals surface area contributed by atoms with E-state index in [0.717, 1.165) is 25.9 Å². The zero-order valence-corrected chi connectivity index (χ0v) is 20.3. The van der Waals surface area contributed by atoms with Crippen molar-refractivity contribution in [2.24, 2.45) is 0 Å². The predicted octanol–water partition coefficient (Wildman–Crippen LogP) is 5.56. The summed E-state index contributed by atoms with van der Waals surface area (Å²) < 4.78 is 0. The molecule has 0 saturated heterocycles. The Kier molecular flexibility index (Phi) is 9.66. The van der Waals surface area contributed by atoms with Gasteiger partial charge in [-0.1, -0.05) is 121 Å². The molecule has 0 aliphatic carbocycles. The van der Waals surface area contributed by atoms with Gasteiger partial charge in [0, 0.05) is 25.0 Å². The average Bonchev–Trinajstić information content (AvgIpc) is 2.92. The summed E-state index contributed by atoms with van der Waals surface area (Å²) in [5, 5.41) is 18.2. The minimum atomic E-state index is -0.495. The maximum Gasteiger partial charge on any atom is 0.0820 e. The number of nitrogens with one attached hydrogen (secondary N) is 2. The van der Waals surface area contributed by atoms with Crippen LogP contribution < -0.4 is 10.6 Å². The van der Waals surface area contributed by atoms with Crippen molar-refractivity contribution in [1.82, 2.24) is 10.6 Å². The van der Waals surface area contributed by atoms with Gasteiger partial charge in [-0.15, -0.1) is 0 Å². The van der Waals surface area contributed by atoms with Gasteiger partial charge in [0.15, 0.2) is 0 Å². The molecule has 0 saturated carbocycles. The van der Waals surface area contributed by atoms with E-state index in [4.69, 9.17) is 0 Å². The monoisotopic (exact) mass is 464 g/mol. The number of rotatable bonds is 13. The smallest absolute Gasteiger partial charge is 0.0820 e. The number of hydrogen-bond donors (Lipinski definition) is 3. The van der Waals surface area contributed by atoms with E-state index in [1.165, 1.54) is 22.3 Å². The van der Waals surface area contributed by atoms with Gasteiger partial charge in [0.05, 0.1) is 6.10 Å². The van der Waals surface area contributed by atoms with Crippen LogP contribution in [-0.4, -0.2) is 30.3 Å². The molecule has 0 unspecified atom stereocenters. The van der Waals surface area contributed by atoms with E-state index in [-0.39, 0.29) is 6.04 Å². The third kappa shape index (κ3) is 7.90. The van der Waals surface area contributed by atoms with E-state index in [0.29, 0.717) is 12.5 Å². The summed E-state index contributed by atoms with van der Waals surface area (Å²) in [5.41, 5.74) is 5.10. The van der Waals surface area contributed by atoms with Gasteiger partial charge in [0.1, 0.15) is 0 Å². The van der Waals surface area contributed by atoms with Crippen molar-refractivity contribution in [2.45, 2.75) is 37.5 Å². The largest absolute Gasteiger partial charge is 0.390 e. The van der Waals surface area contributed by atoms with Crippen molar-refractivity contribution in [1.29, 1.82) is 0 Å². The molecule has 4 aromatic rings. The molecule has 0 fully saturated rings. The first-order valence-corrected chi connectivity index (χ1v) is 12.6. The molecular weight excluding hydrogens is 428 g/mol. The molecule has 2 atom stereocenters. The fraction of sp³-hybridized carbons (Fsp3) is 0.250. The first kappa shape index (κ1) is 24.9. The molecule has 3 N–H and O–H groups in total. The van der Waals surface area contributed by atoms with Crippen LogP contribution in [0.2, 0.25) is 0 Å². The third-order valence-corrected chi connectivity index (χ3v) is 6.53. The van der Waals surface area contributed by atoms with Crippen molar-refractivity contribution in [3.05, 3.63) is 144 Å². The van der Waals surface area contributed by atoms with Crippen molar-refractivity contribution >= 4 is 0 Å². The lowest BCUT2D eigenvalue weighted by Crippen LogP contribution is -2.46. The molecule has 0 radical (unpaired) electrons. The van der Waals surface area contributed by atoms with Crippen LogP contribution >= 0.6 is 0 Å². The highest BCUT2D eigenvalue weighted by Gasteiger charge is 2.20. The van der Waals surface area contributed by atoms with E-state index in [1.807, 2.05) is 24.3 Å². The van der Waals surface area contributed by atoms with Crippen molar-refractivity contribution in [2.75, 3.05) is 13.1 Å². The van der Waals surface area contributed by atoms with Crippen molar-refractivity contribution in [3.63, 3.8) is 0 Å². The van der Waals surface area contributed by atoms with Crippen LogP contribution in [0.15, 0.2) is 121 Å². The van der Waals surface area contributed by atoms with Gasteiger partial charge in [-0.3, -0.25) is 0 Å². The van der Waals surface area contributed by atoms with Gasteiger partial charge in [0.2, 0.25) is 0 Å². The molecule has 0 aliphatic rings. The quantitative estimate of drug-likeness (QED) is 0.243. The zero-order chi connectivity index (χ0) is 24.1. The lowest BCUT2D eigenvalue weighted by atomic mass is 9.88. The van der Waals surface area contributed by atoms with Crippen LogP contribution in [0.4, 0.5) is 0 Å². The minimum Gasteiger partial charge on any atom is -0.390 e. The molecule has 35 heavy (non-hydrogen) atoms. The summed E-state index contributed by atoms with van der Waals surface area (Å²) in [6.07, 6.45) is 1.26. The van der Waals surface area contributed by atoms with Crippen LogP contribution in [0, 0.1) is 0 Å². The second-order valence-corrected chi connectivity index (χ2v) is 9.10. The SMILES string of the molecule is O[C@@H](CNCc1ccccc1)[C@H](Cc1ccccc1)NCCC(c1ccccc1)c1ccccc1. The summed E-state index contributed by atoms with van der Waals surface area (Å²) in [6, 6.07) is 42.1. The molecule has 0 spiro atoms. The molecule has 4 aromatic carbocycles. The van der Waals surface area contributed by atoms with Crippen LogP contribution in [0.1, 0.15) is 34.6 Å². The highest BCUT2D eigenvalue weighted by atomic mass is 16.3. The summed E-state index contributed by atoms with van der Waals surface area (Å²) in [6.45, 7) is 2.11. The highest BCUT2D eigenvalue weighted by Crippen LogP contribution is 2.27. The highest BCUT2D eigenvalue weighted by molar-refractivity contribution is 5.32. The number of aliphatic hydroxyl groups is 1. The fourth-order valence-electron chi connectivity index (χ4n) is 4.62. The molecule has 4 rings (SSSR count). The molecule has 180 valence electrons. The second kappa shape index (κ2) is 13.6. The Morgan fingerprint density at radius 1 is 0.600 bits per heavy atom. The van der Waals surface area contributed by atoms with E-state index in [2.05, 4.69) is 108 Å². The van der Waals surface area contributed by atoms with E-state index in [1.54, 1.807) is 0 Å². The Bertz CT molecular complexity index is 1050. The van der Waals surface area contributed by atoms with Gasteiger partial charge >= 0.3 is 0 Å². The maximum atomic E-state index is 11.1. The van der Waals surface area contributed by atoms with E-state index in [9.17, 15) is 5.11 Å². The molecule has 3 heteroatoms. The topological polar surface area (TPSA) is 44.3 Å². The fourth-order valence-corrected chi connectivity index (χ4v) is 4.62. The van der Waals surface area contributed by atoms with Gasteiger partial charge in [-0.2, -0.15) is 0 Å². The minimum absolute atomic E-state index is 0.0344. The van der Waals surface area contributed by atoms with Gasteiger partial charge in [-0.25, -0.2) is 0 Å². The summed E-state index contributed by atoms with van der Waals surface area (Å²) in [5.74, 6) is 0.315. The summed E-state index contributed by atoms with van der Waals surface area (Å²) in [4.78, 5) is 0. The molecule has 0 bridgehead atoms. The molecule has 0 amide bonds. The van der Waals surface area contributed by atoms with E-state index >= 15 is 0 Å². The summed E-state index contributed by atoms with van der Waals surface area (Å²) >= 11 is 0. The summed E-state index contributed by atoms with van der Waals surface area (Å²) in [7, 11) is 0. The second-order valence-electron chi connectivity index (χ2n) is 9.10. The Hall–Kier alpha value is -3.24. The van der Waals surface area contributed by atoms with Crippen molar-refractivity contribution in [3.8, 4) is 0 Å². The van der Waals surface area contributed by atoms with Gasteiger partial charge in [-0.05, 0) is 41.6 Å². The number of hydrogen-bond acceptors (Lipinski definition) is 3. The lowest BCUT2D eigenvalue weighted by molar-refractivity contribution is 0.124. The van der Waals surface area contributed by atoms with E-state index < -0.39 is 6.10 Å². The van der Waals surface area contributed by atoms with Crippen LogP contribution in [-0.2, 0) is 13.0 Å². The normalized spacial score (nSPS) is 13.0. The van der Waals surface area contributed by atoms with Gasteiger partial charge in [0.25, 0.3) is 0 Å². The Morgan fingerprint density at radius 3 is 1.63 bits per heavy atom. The predicted molar refractivity (Wildman–Crippen MR) is 145 cm³/mol. The third-order valence-electron chi connectivity index (χ3n) is 6.53.